The molecule has 0 radical (unpaired) electrons. The molecule has 28 heavy (non-hydrogen) atoms. The fourth-order valence-electron chi connectivity index (χ4n) is 2.25. The molecule has 7 nitrogen and oxygen atoms in total. The minimum atomic E-state index is -3.33. The molecule has 0 aliphatic carbocycles. The topological polar surface area (TPSA) is 99.7 Å². The molecule has 2 rings (SSSR count). The van der Waals surface area contributed by atoms with Crippen LogP contribution >= 0.6 is 0 Å². The molecule has 1 unspecified atom stereocenters. The van der Waals surface area contributed by atoms with E-state index in [1.54, 1.807) is 24.3 Å². The number of anilines is 2. The van der Waals surface area contributed by atoms with Gasteiger partial charge in [-0.2, -0.15) is 0 Å². The predicted molar refractivity (Wildman–Crippen MR) is 104 cm³/mol. The molecular weight excluding hydrogens is 392 g/mol. The van der Waals surface area contributed by atoms with E-state index in [0.717, 1.165) is 18.4 Å². The van der Waals surface area contributed by atoms with Gasteiger partial charge in [0.05, 0.1) is 6.26 Å². The van der Waals surface area contributed by atoms with E-state index < -0.39 is 27.8 Å². The molecule has 10 heteroatoms. The van der Waals surface area contributed by atoms with E-state index in [2.05, 4.69) is 15.4 Å². The fourth-order valence-corrected chi connectivity index (χ4v) is 2.82. The number of ether oxygens (including phenoxy) is 1. The van der Waals surface area contributed by atoms with Crippen LogP contribution in [0.2, 0.25) is 0 Å². The van der Waals surface area contributed by atoms with Crippen molar-refractivity contribution in [3.05, 3.63) is 54.1 Å². The largest absolute Gasteiger partial charge is 0.491 e. The van der Waals surface area contributed by atoms with Gasteiger partial charge in [0.1, 0.15) is 18.5 Å². The standard InChI is InChI=1S/C18H23F2N3O4S/c1-28(25,26)23-13-2-5-16(6-3-13)27-12-15(24)11-21-8-9-22-14-4-7-17(19)18(20)10-14/h2-7,10,15,21-24H,8-9,11-12H2,1H3. The van der Waals surface area contributed by atoms with Crippen LogP contribution in [0.1, 0.15) is 0 Å². The summed E-state index contributed by atoms with van der Waals surface area (Å²) in [7, 11) is -3.33. The molecule has 4 N–H and O–H groups in total. The molecular formula is C18H23F2N3O4S. The Kier molecular flexibility index (Phi) is 7.97. The van der Waals surface area contributed by atoms with E-state index in [-0.39, 0.29) is 13.2 Å². The maximum atomic E-state index is 13.1. The zero-order chi connectivity index (χ0) is 20.6. The average Bonchev–Trinajstić information content (AvgIpc) is 2.62. The average molecular weight is 415 g/mol. The molecule has 0 aromatic heterocycles. The molecule has 0 spiro atoms. The normalized spacial score (nSPS) is 12.4. The first kappa shape index (κ1) is 21.9. The van der Waals surface area contributed by atoms with Crippen LogP contribution in [0.25, 0.3) is 0 Å². The number of benzene rings is 2. The summed E-state index contributed by atoms with van der Waals surface area (Å²) in [4.78, 5) is 0. The lowest BCUT2D eigenvalue weighted by Gasteiger charge is -2.14. The minimum absolute atomic E-state index is 0.0580. The van der Waals surface area contributed by atoms with Gasteiger partial charge in [0.2, 0.25) is 10.0 Å². The van der Waals surface area contributed by atoms with E-state index in [1.165, 1.54) is 6.07 Å². The monoisotopic (exact) mass is 415 g/mol. The third-order valence-corrected chi connectivity index (χ3v) is 4.14. The highest BCUT2D eigenvalue weighted by molar-refractivity contribution is 7.92. The van der Waals surface area contributed by atoms with Gasteiger partial charge in [0.25, 0.3) is 0 Å². The number of hydrogen-bond donors (Lipinski definition) is 4. The van der Waals surface area contributed by atoms with Crippen LogP contribution in [-0.2, 0) is 10.0 Å². The van der Waals surface area contributed by atoms with Gasteiger partial charge in [-0.1, -0.05) is 0 Å². The van der Waals surface area contributed by atoms with Gasteiger partial charge in [0, 0.05) is 31.0 Å². The van der Waals surface area contributed by atoms with Crippen LogP contribution in [0.15, 0.2) is 42.5 Å². The second-order valence-electron chi connectivity index (χ2n) is 6.12. The summed E-state index contributed by atoms with van der Waals surface area (Å²) in [5.74, 6) is -1.31. The van der Waals surface area contributed by atoms with Crippen LogP contribution < -0.4 is 20.1 Å². The molecule has 0 saturated heterocycles. The van der Waals surface area contributed by atoms with Crippen LogP contribution in [0.3, 0.4) is 0 Å². The summed E-state index contributed by atoms with van der Waals surface area (Å²) in [6.45, 7) is 1.31. The van der Waals surface area contributed by atoms with Crippen molar-refractivity contribution in [3.8, 4) is 5.75 Å². The molecule has 1 atom stereocenters. The molecule has 0 bridgehead atoms. The Balaban J connectivity index is 1.62. The first-order valence-electron chi connectivity index (χ1n) is 8.51. The third kappa shape index (κ3) is 8.07. The highest BCUT2D eigenvalue weighted by Gasteiger charge is 2.06. The Bertz CT molecular complexity index is 864. The smallest absolute Gasteiger partial charge is 0.229 e. The maximum absolute atomic E-state index is 13.1. The van der Waals surface area contributed by atoms with Crippen molar-refractivity contribution in [1.29, 1.82) is 0 Å². The summed E-state index contributed by atoms with van der Waals surface area (Å²) in [5.41, 5.74) is 0.893. The molecule has 154 valence electrons. The zero-order valence-electron chi connectivity index (χ0n) is 15.3. The second kappa shape index (κ2) is 10.2. The molecule has 0 amide bonds. The van der Waals surface area contributed by atoms with Crippen LogP contribution in [0.5, 0.6) is 5.75 Å². The van der Waals surface area contributed by atoms with Gasteiger partial charge in [-0.3, -0.25) is 4.72 Å². The van der Waals surface area contributed by atoms with Crippen molar-refractivity contribution < 1.29 is 27.0 Å². The van der Waals surface area contributed by atoms with Gasteiger partial charge in [-0.05, 0) is 42.5 Å². The van der Waals surface area contributed by atoms with Crippen molar-refractivity contribution in [1.82, 2.24) is 5.32 Å². The van der Waals surface area contributed by atoms with E-state index >= 15 is 0 Å². The van der Waals surface area contributed by atoms with Crippen LogP contribution in [0.4, 0.5) is 20.2 Å². The van der Waals surface area contributed by atoms with Crippen molar-refractivity contribution in [2.75, 3.05) is 42.5 Å². The first-order chi connectivity index (χ1) is 13.2. The molecule has 2 aromatic carbocycles. The lowest BCUT2D eigenvalue weighted by molar-refractivity contribution is 0.107. The van der Waals surface area contributed by atoms with E-state index in [9.17, 15) is 22.3 Å². The summed E-state index contributed by atoms with van der Waals surface area (Å²) in [6, 6.07) is 9.89. The van der Waals surface area contributed by atoms with E-state index in [1.807, 2.05) is 0 Å². The Morgan fingerprint density at radius 3 is 2.36 bits per heavy atom. The Labute approximate surface area is 162 Å². The number of sulfonamides is 1. The molecule has 0 aliphatic heterocycles. The second-order valence-corrected chi connectivity index (χ2v) is 7.87. The van der Waals surface area contributed by atoms with Gasteiger partial charge in [-0.25, -0.2) is 17.2 Å². The molecule has 0 aliphatic rings. The fraction of sp³-hybridized carbons (Fsp3) is 0.333. The van der Waals surface area contributed by atoms with Gasteiger partial charge < -0.3 is 20.5 Å². The Hall–Kier alpha value is -2.43. The van der Waals surface area contributed by atoms with Gasteiger partial charge in [-0.15, -0.1) is 0 Å². The number of halogens is 2. The van der Waals surface area contributed by atoms with Crippen LogP contribution in [0, 0.1) is 11.6 Å². The zero-order valence-corrected chi connectivity index (χ0v) is 16.1. The first-order valence-corrected chi connectivity index (χ1v) is 10.4. The van der Waals surface area contributed by atoms with Crippen molar-refractivity contribution in [2.24, 2.45) is 0 Å². The summed E-state index contributed by atoms with van der Waals surface area (Å²) >= 11 is 0. The van der Waals surface area contributed by atoms with Crippen molar-refractivity contribution >= 4 is 21.4 Å². The third-order valence-electron chi connectivity index (χ3n) is 3.53. The van der Waals surface area contributed by atoms with E-state index in [4.69, 9.17) is 4.74 Å². The molecule has 2 aromatic rings. The number of aliphatic hydroxyl groups is 1. The number of aliphatic hydroxyl groups excluding tert-OH is 1. The Morgan fingerprint density at radius 2 is 1.71 bits per heavy atom. The van der Waals surface area contributed by atoms with Crippen LogP contribution in [-0.4, -0.2) is 52.1 Å². The van der Waals surface area contributed by atoms with Crippen molar-refractivity contribution in [2.45, 2.75) is 6.10 Å². The van der Waals surface area contributed by atoms with E-state index in [0.29, 0.717) is 30.2 Å². The lowest BCUT2D eigenvalue weighted by Crippen LogP contribution is -2.34. The lowest BCUT2D eigenvalue weighted by atomic mass is 10.3. The number of nitrogens with one attached hydrogen (secondary N) is 3. The van der Waals surface area contributed by atoms with Gasteiger partial charge >= 0.3 is 0 Å². The van der Waals surface area contributed by atoms with Crippen molar-refractivity contribution in [3.63, 3.8) is 0 Å². The highest BCUT2D eigenvalue weighted by Crippen LogP contribution is 2.16. The molecule has 0 fully saturated rings. The molecule has 0 saturated carbocycles. The molecule has 0 heterocycles. The summed E-state index contributed by atoms with van der Waals surface area (Å²) in [5, 5.41) is 15.9. The number of rotatable bonds is 11. The highest BCUT2D eigenvalue weighted by atomic mass is 32.2. The maximum Gasteiger partial charge on any atom is 0.229 e. The van der Waals surface area contributed by atoms with Gasteiger partial charge in [0.15, 0.2) is 11.6 Å². The SMILES string of the molecule is CS(=O)(=O)Nc1ccc(OCC(O)CNCCNc2ccc(F)c(F)c2)cc1. The summed E-state index contributed by atoms with van der Waals surface area (Å²) in [6.07, 6.45) is 0.311. The summed E-state index contributed by atoms with van der Waals surface area (Å²) < 4.78 is 56.0. The number of hydrogen-bond acceptors (Lipinski definition) is 6. The minimum Gasteiger partial charge on any atom is -0.491 e. The predicted octanol–water partition coefficient (Wildman–Crippen LogP) is 1.78. The quantitative estimate of drug-likeness (QED) is 0.418. The Morgan fingerprint density at radius 1 is 1.04 bits per heavy atom.